The van der Waals surface area contributed by atoms with Crippen molar-refractivity contribution in [3.05, 3.63) is 69.8 Å². The summed E-state index contributed by atoms with van der Waals surface area (Å²) in [5, 5.41) is 10.6. The van der Waals surface area contributed by atoms with E-state index in [0.29, 0.717) is 6.42 Å². The first kappa shape index (κ1) is 13.8. The summed E-state index contributed by atoms with van der Waals surface area (Å²) in [5.41, 5.74) is 7.21. The second-order valence-corrected chi connectivity index (χ2v) is 5.38. The zero-order chi connectivity index (χ0) is 14.0. The van der Waals surface area contributed by atoms with Crippen LogP contribution in [0.25, 0.3) is 0 Å². The van der Waals surface area contributed by atoms with Gasteiger partial charge in [-0.3, -0.25) is 0 Å². The molecule has 1 N–H and O–H groups in total. The third-order valence-electron chi connectivity index (χ3n) is 4.03. The van der Waals surface area contributed by atoms with Crippen molar-refractivity contribution in [2.75, 3.05) is 0 Å². The van der Waals surface area contributed by atoms with Gasteiger partial charge < -0.3 is 5.11 Å². The van der Waals surface area contributed by atoms with Gasteiger partial charge in [-0.15, -0.1) is 0 Å². The summed E-state index contributed by atoms with van der Waals surface area (Å²) >= 11 is 0. The molecule has 100 valence electrons. The topological polar surface area (TPSA) is 20.2 Å². The lowest BCUT2D eigenvalue weighted by Gasteiger charge is -2.20. The van der Waals surface area contributed by atoms with Gasteiger partial charge in [0.05, 0.1) is 6.10 Å². The molecule has 0 spiro atoms. The van der Waals surface area contributed by atoms with Crippen molar-refractivity contribution in [1.82, 2.24) is 0 Å². The minimum absolute atomic E-state index is 0.430. The van der Waals surface area contributed by atoms with Crippen molar-refractivity contribution >= 4 is 0 Å². The lowest BCUT2D eigenvalue weighted by molar-refractivity contribution is 0.177. The highest BCUT2D eigenvalue weighted by Gasteiger charge is 2.16. The molecule has 0 aliphatic heterocycles. The third kappa shape index (κ3) is 2.87. The van der Waals surface area contributed by atoms with Crippen molar-refractivity contribution in [3.8, 4) is 0 Å². The summed E-state index contributed by atoms with van der Waals surface area (Å²) in [6.07, 6.45) is 0.242. The normalized spacial score (nSPS) is 12.5. The average Bonchev–Trinajstić information content (AvgIpc) is 2.38. The molecule has 0 heterocycles. The Hall–Kier alpha value is -1.60. The molecule has 0 aliphatic rings. The van der Waals surface area contributed by atoms with E-state index in [1.54, 1.807) is 0 Å². The van der Waals surface area contributed by atoms with Gasteiger partial charge in [-0.2, -0.15) is 0 Å². The van der Waals surface area contributed by atoms with E-state index in [1.807, 2.05) is 18.2 Å². The first-order chi connectivity index (χ1) is 9.00. The van der Waals surface area contributed by atoms with Gasteiger partial charge in [-0.1, -0.05) is 36.4 Å². The fraction of sp³-hybridized carbons (Fsp3) is 0.333. The van der Waals surface area contributed by atoms with Crippen molar-refractivity contribution in [3.63, 3.8) is 0 Å². The van der Waals surface area contributed by atoms with Crippen molar-refractivity contribution < 1.29 is 5.11 Å². The monoisotopic (exact) mass is 254 g/mol. The Morgan fingerprint density at radius 3 is 1.95 bits per heavy atom. The number of aliphatic hydroxyl groups is 1. The molecular weight excluding hydrogens is 232 g/mol. The Morgan fingerprint density at radius 2 is 1.42 bits per heavy atom. The number of benzene rings is 2. The summed E-state index contributed by atoms with van der Waals surface area (Å²) in [6, 6.07) is 12.4. The van der Waals surface area contributed by atoms with Crippen LogP contribution in [0.5, 0.6) is 0 Å². The predicted molar refractivity (Wildman–Crippen MR) is 80.5 cm³/mol. The van der Waals surface area contributed by atoms with Crippen LogP contribution in [0.2, 0.25) is 0 Å². The fourth-order valence-corrected chi connectivity index (χ4v) is 2.69. The first-order valence-electron chi connectivity index (χ1n) is 6.80. The number of rotatable bonds is 3. The van der Waals surface area contributed by atoms with Crippen LogP contribution in [0.4, 0.5) is 0 Å². The van der Waals surface area contributed by atoms with Gasteiger partial charge in [-0.25, -0.2) is 0 Å². The Morgan fingerprint density at radius 1 is 0.895 bits per heavy atom. The average molecular weight is 254 g/mol. The van der Waals surface area contributed by atoms with Crippen LogP contribution in [0, 0.1) is 27.7 Å². The van der Waals surface area contributed by atoms with E-state index in [2.05, 4.69) is 45.9 Å². The van der Waals surface area contributed by atoms with Crippen LogP contribution >= 0.6 is 0 Å². The fourth-order valence-electron chi connectivity index (χ4n) is 2.69. The zero-order valence-corrected chi connectivity index (χ0v) is 12.2. The zero-order valence-electron chi connectivity index (χ0n) is 12.2. The lowest BCUT2D eigenvalue weighted by Crippen LogP contribution is -2.08. The van der Waals surface area contributed by atoms with E-state index in [4.69, 9.17) is 0 Å². The van der Waals surface area contributed by atoms with E-state index >= 15 is 0 Å². The highest BCUT2D eigenvalue weighted by atomic mass is 16.3. The lowest BCUT2D eigenvalue weighted by atomic mass is 9.89. The Labute approximate surface area is 115 Å². The molecule has 2 aromatic carbocycles. The maximum Gasteiger partial charge on any atom is 0.0835 e. The molecule has 1 heteroatoms. The maximum atomic E-state index is 10.6. The Bertz CT molecular complexity index is 544. The highest BCUT2D eigenvalue weighted by molar-refractivity contribution is 5.45. The summed E-state index contributed by atoms with van der Waals surface area (Å²) in [5.74, 6) is 0. The number of aryl methyl sites for hydroxylation is 2. The van der Waals surface area contributed by atoms with Crippen molar-refractivity contribution in [1.29, 1.82) is 0 Å². The summed E-state index contributed by atoms with van der Waals surface area (Å²) in [4.78, 5) is 0. The standard InChI is InChI=1S/C18H22O/c1-12-10-13(2)15(4)18(14(12)3)17(19)11-16-8-6-5-7-9-16/h5-10,17,19H,11H2,1-4H3. The molecule has 19 heavy (non-hydrogen) atoms. The molecular formula is C18H22O. The Kier molecular flexibility index (Phi) is 4.06. The van der Waals surface area contributed by atoms with Crippen LogP contribution in [0.1, 0.15) is 39.5 Å². The van der Waals surface area contributed by atoms with E-state index in [1.165, 1.54) is 27.8 Å². The molecule has 0 aromatic heterocycles. The minimum atomic E-state index is -0.430. The van der Waals surface area contributed by atoms with Gasteiger partial charge in [0.1, 0.15) is 0 Å². The second-order valence-electron chi connectivity index (χ2n) is 5.38. The SMILES string of the molecule is Cc1cc(C)c(C)c(C(O)Cc2ccccc2)c1C. The summed E-state index contributed by atoms with van der Waals surface area (Å²) in [6.45, 7) is 8.43. The number of hydrogen-bond acceptors (Lipinski definition) is 1. The van der Waals surface area contributed by atoms with Crippen LogP contribution in [-0.4, -0.2) is 5.11 Å². The summed E-state index contributed by atoms with van der Waals surface area (Å²) in [7, 11) is 0. The Balaban J connectivity index is 2.36. The molecule has 0 saturated heterocycles. The smallest absolute Gasteiger partial charge is 0.0835 e. The van der Waals surface area contributed by atoms with Crippen molar-refractivity contribution in [2.45, 2.75) is 40.2 Å². The quantitative estimate of drug-likeness (QED) is 0.870. The van der Waals surface area contributed by atoms with Gasteiger partial charge in [0.15, 0.2) is 0 Å². The van der Waals surface area contributed by atoms with Gasteiger partial charge in [-0.05, 0) is 61.1 Å². The molecule has 2 aromatic rings. The maximum absolute atomic E-state index is 10.6. The number of hydrogen-bond donors (Lipinski definition) is 1. The van der Waals surface area contributed by atoms with E-state index < -0.39 is 6.10 Å². The molecule has 1 unspecified atom stereocenters. The molecule has 2 rings (SSSR count). The van der Waals surface area contributed by atoms with E-state index in [-0.39, 0.29) is 0 Å². The molecule has 1 nitrogen and oxygen atoms in total. The predicted octanol–water partition coefficient (Wildman–Crippen LogP) is 4.20. The highest BCUT2D eigenvalue weighted by Crippen LogP contribution is 2.29. The van der Waals surface area contributed by atoms with Gasteiger partial charge in [0, 0.05) is 6.42 Å². The van der Waals surface area contributed by atoms with Gasteiger partial charge in [0.25, 0.3) is 0 Å². The van der Waals surface area contributed by atoms with Crippen LogP contribution in [0.15, 0.2) is 36.4 Å². The summed E-state index contributed by atoms with van der Waals surface area (Å²) < 4.78 is 0. The molecule has 0 fully saturated rings. The minimum Gasteiger partial charge on any atom is -0.388 e. The van der Waals surface area contributed by atoms with E-state index in [9.17, 15) is 5.11 Å². The van der Waals surface area contributed by atoms with E-state index in [0.717, 1.165) is 5.56 Å². The first-order valence-corrected chi connectivity index (χ1v) is 6.80. The molecule has 0 saturated carbocycles. The molecule has 1 atom stereocenters. The third-order valence-corrected chi connectivity index (χ3v) is 4.03. The molecule has 0 radical (unpaired) electrons. The molecule has 0 amide bonds. The van der Waals surface area contributed by atoms with Crippen LogP contribution in [-0.2, 0) is 6.42 Å². The molecule has 0 bridgehead atoms. The van der Waals surface area contributed by atoms with Crippen LogP contribution < -0.4 is 0 Å². The largest absolute Gasteiger partial charge is 0.388 e. The van der Waals surface area contributed by atoms with Gasteiger partial charge >= 0.3 is 0 Å². The van der Waals surface area contributed by atoms with Crippen molar-refractivity contribution in [2.24, 2.45) is 0 Å². The molecule has 0 aliphatic carbocycles. The van der Waals surface area contributed by atoms with Gasteiger partial charge in [0.2, 0.25) is 0 Å². The second kappa shape index (κ2) is 5.58. The van der Waals surface area contributed by atoms with Crippen LogP contribution in [0.3, 0.4) is 0 Å². The number of aliphatic hydroxyl groups excluding tert-OH is 1.